The van der Waals surface area contributed by atoms with Crippen molar-refractivity contribution >= 4 is 33.2 Å². The number of carbonyl (C=O) groups excluding carboxylic acids is 1. The summed E-state index contributed by atoms with van der Waals surface area (Å²) in [7, 11) is -3.98. The van der Waals surface area contributed by atoms with Crippen molar-refractivity contribution < 1.29 is 23.1 Å². The smallest absolute Gasteiger partial charge is 0.264 e. The van der Waals surface area contributed by atoms with Crippen LogP contribution >= 0.6 is 11.6 Å². The highest BCUT2D eigenvalue weighted by atomic mass is 35.5. The highest BCUT2D eigenvalue weighted by molar-refractivity contribution is 7.91. The molecule has 0 saturated heterocycles. The van der Waals surface area contributed by atoms with E-state index in [1.165, 1.54) is 11.1 Å². The molecule has 1 spiro atoms. The van der Waals surface area contributed by atoms with Crippen LogP contribution in [0.25, 0.3) is 0 Å². The van der Waals surface area contributed by atoms with E-state index in [0.29, 0.717) is 31.2 Å². The fourth-order valence-corrected chi connectivity index (χ4v) is 8.22. The van der Waals surface area contributed by atoms with Crippen LogP contribution in [-0.4, -0.2) is 50.0 Å². The molecule has 0 aromatic heterocycles. The van der Waals surface area contributed by atoms with Gasteiger partial charge >= 0.3 is 0 Å². The summed E-state index contributed by atoms with van der Waals surface area (Å²) in [6, 6.07) is 11.4. The predicted molar refractivity (Wildman–Crippen MR) is 161 cm³/mol. The number of ether oxygens (including phenoxy) is 1. The predicted octanol–water partition coefficient (Wildman–Crippen LogP) is 5.39. The monoisotopic (exact) mass is 598 g/mol. The largest absolute Gasteiger partial charge is 0.490 e. The Morgan fingerprint density at radius 1 is 1.12 bits per heavy atom. The van der Waals surface area contributed by atoms with Crippen molar-refractivity contribution in [2.75, 3.05) is 24.6 Å². The summed E-state index contributed by atoms with van der Waals surface area (Å²) >= 11 is 6.38. The van der Waals surface area contributed by atoms with E-state index in [1.54, 1.807) is 32.0 Å². The Morgan fingerprint density at radius 3 is 2.73 bits per heavy atom. The molecule has 4 atom stereocenters. The van der Waals surface area contributed by atoms with Crippen LogP contribution in [0.4, 0.5) is 5.69 Å². The lowest BCUT2D eigenvalue weighted by Gasteiger charge is -2.45. The minimum absolute atomic E-state index is 0.164. The van der Waals surface area contributed by atoms with Crippen LogP contribution in [0.5, 0.6) is 5.75 Å². The number of amides is 1. The van der Waals surface area contributed by atoms with Gasteiger partial charge in [-0.25, -0.2) is 13.1 Å². The van der Waals surface area contributed by atoms with E-state index < -0.39 is 26.8 Å². The van der Waals surface area contributed by atoms with E-state index in [9.17, 15) is 18.3 Å². The molecule has 7 nitrogen and oxygen atoms in total. The van der Waals surface area contributed by atoms with Crippen LogP contribution in [0.3, 0.4) is 0 Å². The molecule has 1 fully saturated rings. The van der Waals surface area contributed by atoms with E-state index >= 15 is 0 Å². The van der Waals surface area contributed by atoms with Crippen LogP contribution < -0.4 is 14.4 Å². The van der Waals surface area contributed by atoms with Gasteiger partial charge in [-0.1, -0.05) is 29.8 Å². The second-order valence-corrected chi connectivity index (χ2v) is 15.7. The van der Waals surface area contributed by atoms with Gasteiger partial charge in [0.25, 0.3) is 5.91 Å². The Kier molecular flexibility index (Phi) is 7.40. The van der Waals surface area contributed by atoms with Gasteiger partial charge < -0.3 is 14.7 Å². The van der Waals surface area contributed by atoms with Gasteiger partial charge in [-0.15, -0.1) is 0 Å². The molecule has 2 aliphatic heterocycles. The molecule has 6 rings (SSSR count). The zero-order chi connectivity index (χ0) is 29.0. The quantitative estimate of drug-likeness (QED) is 0.395. The number of hydrogen-bond donors (Lipinski definition) is 2. The zero-order valence-electron chi connectivity index (χ0n) is 23.7. The average molecular weight is 599 g/mol. The van der Waals surface area contributed by atoms with Gasteiger partial charge in [0.05, 0.1) is 23.1 Å². The highest BCUT2D eigenvalue weighted by Gasteiger charge is 2.44. The maximum atomic E-state index is 13.3. The van der Waals surface area contributed by atoms with Crippen molar-refractivity contribution in [2.24, 2.45) is 11.8 Å². The minimum Gasteiger partial charge on any atom is -0.490 e. The number of fused-ring (bicyclic) bond motifs is 4. The van der Waals surface area contributed by atoms with Gasteiger partial charge in [-0.3, -0.25) is 4.79 Å². The summed E-state index contributed by atoms with van der Waals surface area (Å²) < 4.78 is 34.1. The molecular weight excluding hydrogens is 560 g/mol. The molecule has 2 aliphatic carbocycles. The summed E-state index contributed by atoms with van der Waals surface area (Å²) in [5.74, 6) is 0.502. The number of allylic oxidation sites excluding steroid dienone is 1. The average Bonchev–Trinajstić information content (AvgIpc) is 3.05. The molecule has 2 bridgehead atoms. The third-order valence-corrected chi connectivity index (χ3v) is 12.1. The van der Waals surface area contributed by atoms with Crippen molar-refractivity contribution in [1.29, 1.82) is 0 Å². The summed E-state index contributed by atoms with van der Waals surface area (Å²) in [6.07, 6.45) is 8.87. The first-order valence-corrected chi connectivity index (χ1v) is 16.5. The Hall–Kier alpha value is -2.55. The van der Waals surface area contributed by atoms with Gasteiger partial charge in [-0.2, -0.15) is 0 Å². The SMILES string of the molecule is CC1(C)C/C=C/C[C@H](O)[C@@H]2CC[C@H]2CN2C[C@@]3(CCCc4cc(Cl)ccc43)COc3ccc(cc32)C(=O)NS1(=O)=O. The second-order valence-electron chi connectivity index (χ2n) is 13.0. The molecule has 2 aromatic rings. The number of aliphatic hydroxyl groups is 1. The molecule has 2 heterocycles. The molecule has 0 unspecified atom stereocenters. The first-order valence-electron chi connectivity index (χ1n) is 14.7. The number of aliphatic hydroxyl groups excluding tert-OH is 1. The van der Waals surface area contributed by atoms with Crippen LogP contribution in [-0.2, 0) is 21.9 Å². The van der Waals surface area contributed by atoms with Gasteiger partial charge in [0.1, 0.15) is 5.75 Å². The molecule has 220 valence electrons. The number of nitrogens with zero attached hydrogens (tertiary/aromatic N) is 1. The van der Waals surface area contributed by atoms with Crippen molar-refractivity contribution in [1.82, 2.24) is 4.72 Å². The van der Waals surface area contributed by atoms with Crippen molar-refractivity contribution in [3.8, 4) is 5.75 Å². The Morgan fingerprint density at radius 2 is 1.95 bits per heavy atom. The van der Waals surface area contributed by atoms with E-state index in [1.807, 2.05) is 18.2 Å². The lowest BCUT2D eigenvalue weighted by atomic mass is 9.68. The first-order chi connectivity index (χ1) is 19.5. The summed E-state index contributed by atoms with van der Waals surface area (Å²) in [4.78, 5) is 15.7. The molecule has 1 saturated carbocycles. The zero-order valence-corrected chi connectivity index (χ0v) is 25.3. The fraction of sp³-hybridized carbons (Fsp3) is 0.531. The van der Waals surface area contributed by atoms with E-state index in [-0.39, 0.29) is 23.3 Å². The number of hydrogen-bond acceptors (Lipinski definition) is 6. The Bertz CT molecular complexity index is 1490. The van der Waals surface area contributed by atoms with Crippen LogP contribution in [0.2, 0.25) is 5.02 Å². The number of nitrogens with one attached hydrogen (secondary N) is 1. The van der Waals surface area contributed by atoms with Gasteiger partial charge in [0, 0.05) is 29.1 Å². The fourth-order valence-electron chi connectivity index (χ4n) is 7.07. The van der Waals surface area contributed by atoms with Crippen molar-refractivity contribution in [3.05, 3.63) is 70.3 Å². The standard InChI is InChI=1S/C32H39ClN2O5S/c1-31(2)14-4-3-7-28(36)25-11-8-23(25)18-35-19-32(15-5-6-21-16-24(33)10-12-26(21)32)20-40-29-13-9-22(17-27(29)35)30(37)34-41(31,38)39/h3-4,9-10,12-13,16-17,23,25,28,36H,5-8,11,14-15,18-20H2,1-2H3,(H,34,37)/b4-3+/t23-,25+,28-,32-/m0/s1. The minimum atomic E-state index is -3.98. The maximum absolute atomic E-state index is 13.3. The van der Waals surface area contributed by atoms with Crippen molar-refractivity contribution in [3.63, 3.8) is 0 Å². The van der Waals surface area contributed by atoms with Crippen LogP contribution in [0.15, 0.2) is 48.6 Å². The summed E-state index contributed by atoms with van der Waals surface area (Å²) in [6.45, 7) is 5.14. The molecule has 0 radical (unpaired) electrons. The maximum Gasteiger partial charge on any atom is 0.264 e. The lowest BCUT2D eigenvalue weighted by Crippen LogP contribution is -2.49. The normalized spacial score (nSPS) is 31.5. The lowest BCUT2D eigenvalue weighted by molar-refractivity contribution is 0.0177. The van der Waals surface area contributed by atoms with Crippen molar-refractivity contribution in [2.45, 2.75) is 75.1 Å². The van der Waals surface area contributed by atoms with E-state index in [2.05, 4.69) is 21.8 Å². The van der Waals surface area contributed by atoms with Crippen LogP contribution in [0, 0.1) is 11.8 Å². The molecule has 4 aliphatic rings. The molecule has 41 heavy (non-hydrogen) atoms. The summed E-state index contributed by atoms with van der Waals surface area (Å²) in [5.41, 5.74) is 3.32. The number of carbonyl (C=O) groups is 1. The third kappa shape index (κ3) is 5.28. The number of rotatable bonds is 0. The number of sulfonamides is 1. The Labute approximate surface area is 248 Å². The molecule has 2 N–H and O–H groups in total. The molecule has 1 amide bonds. The molecular formula is C32H39ClN2O5S. The van der Waals surface area contributed by atoms with Gasteiger partial charge in [-0.05, 0) is 112 Å². The van der Waals surface area contributed by atoms with Crippen LogP contribution in [0.1, 0.15) is 73.9 Å². The second kappa shape index (κ2) is 10.6. The van der Waals surface area contributed by atoms with Gasteiger partial charge in [0.2, 0.25) is 10.0 Å². The third-order valence-electron chi connectivity index (χ3n) is 9.83. The topological polar surface area (TPSA) is 95.9 Å². The summed E-state index contributed by atoms with van der Waals surface area (Å²) in [5, 5.41) is 11.8. The molecule has 9 heteroatoms. The molecule has 2 aromatic carbocycles. The first kappa shape index (κ1) is 28.6. The van der Waals surface area contributed by atoms with E-state index in [4.69, 9.17) is 16.3 Å². The van der Waals surface area contributed by atoms with E-state index in [0.717, 1.165) is 49.4 Å². The Balaban J connectivity index is 1.43. The van der Waals surface area contributed by atoms with Gasteiger partial charge in [0.15, 0.2) is 0 Å². The number of halogens is 1. The number of aryl methyl sites for hydroxylation is 1. The number of anilines is 1. The highest BCUT2D eigenvalue weighted by Crippen LogP contribution is 2.47. The number of benzene rings is 2.